The van der Waals surface area contributed by atoms with Crippen LogP contribution >= 0.6 is 0 Å². The van der Waals surface area contributed by atoms with Gasteiger partial charge in [-0.05, 0) is 39.1 Å². The van der Waals surface area contributed by atoms with Crippen molar-refractivity contribution >= 4 is 23.7 Å². The van der Waals surface area contributed by atoms with E-state index in [9.17, 15) is 9.90 Å². The lowest BCUT2D eigenvalue weighted by atomic mass is 10.1. The first-order chi connectivity index (χ1) is 14.3. The number of hydrogen-bond donors (Lipinski definition) is 1. The first-order valence-corrected chi connectivity index (χ1v) is 10.5. The highest BCUT2D eigenvalue weighted by Gasteiger charge is 2.48. The zero-order chi connectivity index (χ0) is 21.0. The van der Waals surface area contributed by atoms with Gasteiger partial charge in [0.2, 0.25) is 0 Å². The van der Waals surface area contributed by atoms with E-state index in [1.807, 2.05) is 23.9 Å². The van der Waals surface area contributed by atoms with Crippen LogP contribution in [0.3, 0.4) is 0 Å². The number of carboxylic acids is 1. The Hall–Kier alpha value is -2.23. The Morgan fingerprint density at radius 3 is 2.90 bits per heavy atom. The zero-order valence-electron chi connectivity index (χ0n) is 17.3. The Labute approximate surface area is 174 Å². The maximum Gasteiger partial charge on any atom is 0.333 e. The van der Waals surface area contributed by atoms with E-state index in [1.165, 1.54) is 12.1 Å². The van der Waals surface area contributed by atoms with E-state index in [4.69, 9.17) is 9.47 Å². The fraction of sp³-hybridized carbons (Fsp3) is 0.619. The van der Waals surface area contributed by atoms with E-state index in [-0.39, 0.29) is 23.5 Å². The molecule has 0 bridgehead atoms. The van der Waals surface area contributed by atoms with Crippen molar-refractivity contribution in [2.75, 3.05) is 56.7 Å². The summed E-state index contributed by atoms with van der Waals surface area (Å²) in [6, 6.07) is 1.68. The molecule has 30 heavy (non-hydrogen) atoms. The van der Waals surface area contributed by atoms with E-state index in [0.717, 1.165) is 19.4 Å². The van der Waals surface area contributed by atoms with Crippen LogP contribution in [0.5, 0.6) is 0 Å². The number of fused-ring (bicyclic) bond motifs is 1. The fourth-order valence-electron chi connectivity index (χ4n) is 4.61. The van der Waals surface area contributed by atoms with E-state index in [1.54, 1.807) is 0 Å². The van der Waals surface area contributed by atoms with Crippen molar-refractivity contribution in [1.82, 2.24) is 9.88 Å². The summed E-state index contributed by atoms with van der Waals surface area (Å²) in [7, 11) is 4.00. The van der Waals surface area contributed by atoms with Gasteiger partial charge in [-0.1, -0.05) is 0 Å². The molecule has 4 aliphatic rings. The van der Waals surface area contributed by atoms with E-state index in [0.29, 0.717) is 44.0 Å². The first-order valence-electron chi connectivity index (χ1n) is 10.5. The average molecular weight is 418 g/mol. The molecular formula is C21H27FN4O4. The van der Waals surface area contributed by atoms with E-state index < -0.39 is 17.6 Å². The van der Waals surface area contributed by atoms with Gasteiger partial charge in [0.15, 0.2) is 17.4 Å². The molecule has 0 radical (unpaired) electrons. The molecule has 5 rings (SSSR count). The van der Waals surface area contributed by atoms with Crippen LogP contribution in [0.2, 0.25) is 0 Å². The molecule has 1 aromatic rings. The highest BCUT2D eigenvalue weighted by Crippen LogP contribution is 2.41. The summed E-state index contributed by atoms with van der Waals surface area (Å²) < 4.78 is 27.2. The van der Waals surface area contributed by atoms with Gasteiger partial charge in [0.1, 0.15) is 5.82 Å². The third-order valence-corrected chi connectivity index (χ3v) is 6.15. The molecule has 2 atom stereocenters. The molecule has 2 saturated heterocycles. The Kier molecular flexibility index (Phi) is 4.72. The molecular weight excluding hydrogens is 391 g/mol. The van der Waals surface area contributed by atoms with Crippen molar-refractivity contribution in [3.8, 4) is 0 Å². The monoisotopic (exact) mass is 418 g/mol. The number of carbonyl (C=O) groups is 1. The summed E-state index contributed by atoms with van der Waals surface area (Å²) >= 11 is 0. The second-order valence-electron chi connectivity index (χ2n) is 8.94. The minimum Gasteiger partial charge on any atom is -0.478 e. The lowest BCUT2D eigenvalue weighted by Crippen LogP contribution is -2.37. The van der Waals surface area contributed by atoms with Gasteiger partial charge in [-0.2, -0.15) is 0 Å². The molecule has 0 aromatic carbocycles. The normalized spacial score (nSPS) is 28.4. The second kappa shape index (κ2) is 7.18. The predicted octanol–water partition coefficient (Wildman–Crippen LogP) is 1.55. The van der Waals surface area contributed by atoms with Crippen molar-refractivity contribution in [2.45, 2.75) is 37.2 Å². The number of hydrogen-bond acceptors (Lipinski definition) is 7. The maximum absolute atomic E-state index is 15.0. The SMILES string of the molecule is CN(C)CC1COC2(CCN(c3nc4c(cc3F)C=C(C(=O)O)CN4C3CC3)C2)O1. The summed E-state index contributed by atoms with van der Waals surface area (Å²) in [6.45, 7) is 2.63. The smallest absolute Gasteiger partial charge is 0.333 e. The Morgan fingerprint density at radius 2 is 2.20 bits per heavy atom. The third-order valence-electron chi connectivity index (χ3n) is 6.15. The maximum atomic E-state index is 15.0. The summed E-state index contributed by atoms with van der Waals surface area (Å²) in [5.74, 6) is -1.19. The zero-order valence-corrected chi connectivity index (χ0v) is 17.3. The summed E-state index contributed by atoms with van der Waals surface area (Å²) in [5.41, 5.74) is 0.795. The molecule has 8 nitrogen and oxygen atoms in total. The van der Waals surface area contributed by atoms with Crippen molar-refractivity contribution < 1.29 is 23.8 Å². The number of likely N-dealkylation sites (N-methyl/N-ethyl adjacent to an activating group) is 1. The van der Waals surface area contributed by atoms with E-state index >= 15 is 4.39 Å². The number of anilines is 2. The van der Waals surface area contributed by atoms with Crippen molar-refractivity contribution in [1.29, 1.82) is 0 Å². The fourth-order valence-corrected chi connectivity index (χ4v) is 4.61. The Balaban J connectivity index is 1.40. The summed E-state index contributed by atoms with van der Waals surface area (Å²) in [4.78, 5) is 22.1. The summed E-state index contributed by atoms with van der Waals surface area (Å²) in [6.07, 6.45) is 4.21. The van der Waals surface area contributed by atoms with Gasteiger partial charge in [0.25, 0.3) is 0 Å². The second-order valence-corrected chi connectivity index (χ2v) is 8.94. The largest absolute Gasteiger partial charge is 0.478 e. The molecule has 0 amide bonds. The predicted molar refractivity (Wildman–Crippen MR) is 109 cm³/mol. The molecule has 162 valence electrons. The molecule has 1 N–H and O–H groups in total. The van der Waals surface area contributed by atoms with Gasteiger partial charge in [-0.25, -0.2) is 14.2 Å². The lowest BCUT2D eigenvalue weighted by Gasteiger charge is -2.31. The van der Waals surface area contributed by atoms with Crippen LogP contribution in [0.1, 0.15) is 24.8 Å². The van der Waals surface area contributed by atoms with Gasteiger partial charge in [-0.3, -0.25) is 0 Å². The van der Waals surface area contributed by atoms with Crippen LogP contribution in [-0.2, 0) is 14.3 Å². The quantitative estimate of drug-likeness (QED) is 0.772. The van der Waals surface area contributed by atoms with Crippen LogP contribution < -0.4 is 9.80 Å². The molecule has 1 aromatic heterocycles. The lowest BCUT2D eigenvalue weighted by molar-refractivity contribution is -0.151. The minimum atomic E-state index is -0.972. The van der Waals surface area contributed by atoms with Crippen molar-refractivity contribution in [2.24, 2.45) is 0 Å². The van der Waals surface area contributed by atoms with Crippen LogP contribution in [0.15, 0.2) is 11.6 Å². The van der Waals surface area contributed by atoms with Gasteiger partial charge in [0, 0.05) is 31.1 Å². The Bertz CT molecular complexity index is 903. The topological polar surface area (TPSA) is 78.4 Å². The number of rotatable bonds is 5. The average Bonchev–Trinajstić information content (AvgIpc) is 3.35. The highest BCUT2D eigenvalue weighted by atomic mass is 19.1. The van der Waals surface area contributed by atoms with Gasteiger partial charge in [0.05, 0.1) is 31.4 Å². The highest BCUT2D eigenvalue weighted by molar-refractivity contribution is 5.96. The molecule has 3 fully saturated rings. The first kappa shape index (κ1) is 19.7. The molecule has 4 heterocycles. The third kappa shape index (κ3) is 3.55. The molecule has 1 aliphatic carbocycles. The Morgan fingerprint density at radius 1 is 1.40 bits per heavy atom. The van der Waals surface area contributed by atoms with E-state index in [2.05, 4.69) is 9.88 Å². The van der Waals surface area contributed by atoms with Crippen LogP contribution in [0.4, 0.5) is 16.0 Å². The van der Waals surface area contributed by atoms with Crippen LogP contribution in [-0.4, -0.2) is 85.8 Å². The van der Waals surface area contributed by atoms with Gasteiger partial charge < -0.3 is 29.3 Å². The molecule has 1 saturated carbocycles. The summed E-state index contributed by atoms with van der Waals surface area (Å²) in [5, 5.41) is 9.43. The van der Waals surface area contributed by atoms with Crippen molar-refractivity contribution in [3.63, 3.8) is 0 Å². The van der Waals surface area contributed by atoms with Crippen LogP contribution in [0, 0.1) is 5.82 Å². The molecule has 1 spiro atoms. The van der Waals surface area contributed by atoms with Gasteiger partial charge in [-0.15, -0.1) is 0 Å². The minimum absolute atomic E-state index is 0.00576. The number of carboxylic acid groups (broad SMARTS) is 1. The van der Waals surface area contributed by atoms with Gasteiger partial charge >= 0.3 is 5.97 Å². The molecule has 3 aliphatic heterocycles. The number of aliphatic carboxylic acids is 1. The number of nitrogens with zero attached hydrogens (tertiary/aromatic N) is 4. The number of pyridine rings is 1. The molecule has 2 unspecified atom stereocenters. The number of ether oxygens (including phenoxy) is 2. The van der Waals surface area contributed by atoms with Crippen molar-refractivity contribution in [3.05, 3.63) is 23.0 Å². The number of aromatic nitrogens is 1. The standard InChI is InChI=1S/C21H27FN4O4/c1-24(2)10-16-11-29-21(30-16)5-6-25(12-21)19-17(22)8-13-7-14(20(27)28)9-26(15-3-4-15)18(13)23-19/h7-8,15-16H,3-6,9-12H2,1-2H3,(H,27,28). The molecule has 9 heteroatoms. The van der Waals surface area contributed by atoms with Crippen LogP contribution in [0.25, 0.3) is 6.08 Å². The number of halogens is 1.